The van der Waals surface area contributed by atoms with Crippen LogP contribution in [0.3, 0.4) is 0 Å². The van der Waals surface area contributed by atoms with Gasteiger partial charge < -0.3 is 15.3 Å². The lowest BCUT2D eigenvalue weighted by Gasteiger charge is -2.14. The molecule has 6 heteroatoms. The number of allylic oxidation sites excluding steroid dienone is 1. The molecule has 0 bridgehead atoms. The van der Waals surface area contributed by atoms with Gasteiger partial charge in [0, 0.05) is 0 Å². The standard InChI is InChI=1S/C11H20Cl2N2O2/c1-15(2)7-5-3-4-6-10(17)14-11(13)9(16)8-12/h4,6,9,11,16H,3,5,7-8H2,1-2H3,(H,14,17). The normalized spacial score (nSPS) is 15.2. The van der Waals surface area contributed by atoms with Crippen molar-refractivity contribution < 1.29 is 9.90 Å². The maximum absolute atomic E-state index is 11.3. The highest BCUT2D eigenvalue weighted by atomic mass is 35.5. The summed E-state index contributed by atoms with van der Waals surface area (Å²) in [6.45, 7) is 0.981. The molecule has 0 aromatic heterocycles. The minimum absolute atomic E-state index is 0.0129. The van der Waals surface area contributed by atoms with E-state index in [1.165, 1.54) is 6.08 Å². The highest BCUT2D eigenvalue weighted by Crippen LogP contribution is 2.01. The van der Waals surface area contributed by atoms with Crippen molar-refractivity contribution in [1.29, 1.82) is 0 Å². The Bertz CT molecular complexity index is 248. The molecule has 0 aromatic carbocycles. The van der Waals surface area contributed by atoms with Gasteiger partial charge in [0.15, 0.2) is 0 Å². The van der Waals surface area contributed by atoms with Crippen LogP contribution < -0.4 is 5.32 Å². The molecule has 17 heavy (non-hydrogen) atoms. The molecule has 100 valence electrons. The SMILES string of the molecule is CN(C)CCCC=CC(=O)NC(Cl)C(O)CCl. The molecule has 4 nitrogen and oxygen atoms in total. The average Bonchev–Trinajstić information content (AvgIpc) is 2.26. The van der Waals surface area contributed by atoms with Gasteiger partial charge in [-0.2, -0.15) is 0 Å². The number of halogens is 2. The van der Waals surface area contributed by atoms with Crippen LogP contribution in [-0.4, -0.2) is 54.0 Å². The number of aliphatic hydroxyl groups is 1. The molecule has 2 unspecified atom stereocenters. The zero-order chi connectivity index (χ0) is 13.3. The number of hydrogen-bond donors (Lipinski definition) is 2. The zero-order valence-corrected chi connectivity index (χ0v) is 11.7. The third-order valence-corrected chi connectivity index (χ3v) is 2.74. The van der Waals surface area contributed by atoms with E-state index >= 15 is 0 Å². The molecule has 0 rings (SSSR count). The Morgan fingerprint density at radius 3 is 2.71 bits per heavy atom. The first kappa shape index (κ1) is 16.7. The highest BCUT2D eigenvalue weighted by molar-refractivity contribution is 6.23. The van der Waals surface area contributed by atoms with Gasteiger partial charge >= 0.3 is 0 Å². The molecule has 0 aromatic rings. The second-order valence-corrected chi connectivity index (χ2v) is 4.76. The lowest BCUT2D eigenvalue weighted by atomic mass is 10.2. The lowest BCUT2D eigenvalue weighted by Crippen LogP contribution is -2.39. The molecular formula is C11H20Cl2N2O2. The summed E-state index contributed by atoms with van der Waals surface area (Å²) < 4.78 is 0. The van der Waals surface area contributed by atoms with Crippen molar-refractivity contribution in [2.45, 2.75) is 24.4 Å². The van der Waals surface area contributed by atoms with Gasteiger partial charge in [-0.3, -0.25) is 4.79 Å². The first-order valence-electron chi connectivity index (χ1n) is 5.47. The van der Waals surface area contributed by atoms with E-state index in [2.05, 4.69) is 10.2 Å². The Balaban J connectivity index is 3.74. The maximum Gasteiger partial charge on any atom is 0.244 e. The van der Waals surface area contributed by atoms with E-state index in [0.717, 1.165) is 19.4 Å². The Morgan fingerprint density at radius 2 is 2.18 bits per heavy atom. The molecule has 0 saturated carbocycles. The quantitative estimate of drug-likeness (QED) is 0.304. The molecule has 0 spiro atoms. The zero-order valence-electron chi connectivity index (χ0n) is 10.2. The van der Waals surface area contributed by atoms with E-state index in [-0.39, 0.29) is 11.8 Å². The molecule has 0 heterocycles. The van der Waals surface area contributed by atoms with Crippen molar-refractivity contribution in [3.63, 3.8) is 0 Å². The summed E-state index contributed by atoms with van der Waals surface area (Å²) in [5.74, 6) is -0.333. The van der Waals surface area contributed by atoms with E-state index < -0.39 is 11.6 Å². The predicted octanol–water partition coefficient (Wildman–Crippen LogP) is 1.17. The minimum Gasteiger partial charge on any atom is -0.388 e. The maximum atomic E-state index is 11.3. The molecule has 2 N–H and O–H groups in total. The van der Waals surface area contributed by atoms with Crippen molar-refractivity contribution in [3.05, 3.63) is 12.2 Å². The number of nitrogens with one attached hydrogen (secondary N) is 1. The number of alkyl halides is 2. The molecular weight excluding hydrogens is 263 g/mol. The molecule has 1 amide bonds. The molecule has 0 aliphatic carbocycles. The van der Waals surface area contributed by atoms with Gasteiger partial charge in [0.25, 0.3) is 0 Å². The fourth-order valence-electron chi connectivity index (χ4n) is 1.07. The van der Waals surface area contributed by atoms with Crippen LogP contribution >= 0.6 is 23.2 Å². The first-order chi connectivity index (χ1) is 7.97. The molecule has 0 aliphatic rings. The van der Waals surface area contributed by atoms with E-state index in [1.54, 1.807) is 6.08 Å². The average molecular weight is 283 g/mol. The Hall–Kier alpha value is -0.290. The Labute approximate surface area is 113 Å². The third kappa shape index (κ3) is 9.41. The number of hydrogen-bond acceptors (Lipinski definition) is 3. The van der Waals surface area contributed by atoms with Crippen LogP contribution in [-0.2, 0) is 4.79 Å². The minimum atomic E-state index is -0.940. The van der Waals surface area contributed by atoms with E-state index in [4.69, 9.17) is 23.2 Å². The van der Waals surface area contributed by atoms with Gasteiger partial charge in [0.2, 0.25) is 5.91 Å². The number of carbonyl (C=O) groups excluding carboxylic acids is 1. The van der Waals surface area contributed by atoms with Crippen molar-refractivity contribution in [2.24, 2.45) is 0 Å². The Kier molecular flexibility index (Phi) is 9.55. The molecule has 0 aliphatic heterocycles. The van der Waals surface area contributed by atoms with Crippen molar-refractivity contribution in [2.75, 3.05) is 26.5 Å². The van der Waals surface area contributed by atoms with Crippen molar-refractivity contribution in [3.8, 4) is 0 Å². The second-order valence-electron chi connectivity index (χ2n) is 3.98. The summed E-state index contributed by atoms with van der Waals surface area (Å²) in [4.78, 5) is 13.4. The van der Waals surface area contributed by atoms with Crippen molar-refractivity contribution in [1.82, 2.24) is 10.2 Å². The van der Waals surface area contributed by atoms with Gasteiger partial charge in [-0.1, -0.05) is 17.7 Å². The third-order valence-electron chi connectivity index (χ3n) is 2.02. The fraction of sp³-hybridized carbons (Fsp3) is 0.727. The smallest absolute Gasteiger partial charge is 0.244 e. The van der Waals surface area contributed by atoms with E-state index in [9.17, 15) is 9.90 Å². The summed E-state index contributed by atoms with van der Waals surface area (Å²) >= 11 is 11.1. The van der Waals surface area contributed by atoms with Gasteiger partial charge in [-0.05, 0) is 39.6 Å². The van der Waals surface area contributed by atoms with Crippen LogP contribution in [0.15, 0.2) is 12.2 Å². The Morgan fingerprint density at radius 1 is 1.53 bits per heavy atom. The van der Waals surface area contributed by atoms with Crippen LogP contribution in [0.5, 0.6) is 0 Å². The van der Waals surface area contributed by atoms with Crippen LogP contribution in [0.4, 0.5) is 0 Å². The van der Waals surface area contributed by atoms with Gasteiger partial charge in [0.1, 0.15) is 11.6 Å². The number of amides is 1. The summed E-state index contributed by atoms with van der Waals surface area (Å²) in [6, 6.07) is 0. The number of carbonyl (C=O) groups is 1. The summed E-state index contributed by atoms with van der Waals surface area (Å²) in [7, 11) is 4.00. The number of unbranched alkanes of at least 4 members (excludes halogenated alkanes) is 1. The monoisotopic (exact) mass is 282 g/mol. The molecule has 0 saturated heterocycles. The number of nitrogens with zero attached hydrogens (tertiary/aromatic N) is 1. The largest absolute Gasteiger partial charge is 0.388 e. The topological polar surface area (TPSA) is 52.6 Å². The van der Waals surface area contributed by atoms with Crippen LogP contribution in [0, 0.1) is 0 Å². The number of rotatable bonds is 8. The van der Waals surface area contributed by atoms with E-state index in [0.29, 0.717) is 0 Å². The van der Waals surface area contributed by atoms with Crippen LogP contribution in [0.2, 0.25) is 0 Å². The number of aliphatic hydroxyl groups excluding tert-OH is 1. The fourth-order valence-corrected chi connectivity index (χ4v) is 1.54. The molecule has 0 fully saturated rings. The second kappa shape index (κ2) is 9.71. The molecule has 2 atom stereocenters. The van der Waals surface area contributed by atoms with E-state index in [1.807, 2.05) is 14.1 Å². The van der Waals surface area contributed by atoms with Crippen molar-refractivity contribution >= 4 is 29.1 Å². The first-order valence-corrected chi connectivity index (χ1v) is 6.44. The van der Waals surface area contributed by atoms with Gasteiger partial charge in [0.05, 0.1) is 5.88 Å². The summed E-state index contributed by atoms with van der Waals surface area (Å²) in [5, 5.41) is 11.7. The van der Waals surface area contributed by atoms with Crippen LogP contribution in [0.1, 0.15) is 12.8 Å². The van der Waals surface area contributed by atoms with Gasteiger partial charge in [-0.25, -0.2) is 0 Å². The highest BCUT2D eigenvalue weighted by Gasteiger charge is 2.15. The molecule has 0 radical (unpaired) electrons. The van der Waals surface area contributed by atoms with Gasteiger partial charge in [-0.15, -0.1) is 11.6 Å². The lowest BCUT2D eigenvalue weighted by molar-refractivity contribution is -0.117. The van der Waals surface area contributed by atoms with Crippen LogP contribution in [0.25, 0.3) is 0 Å². The summed E-state index contributed by atoms with van der Waals surface area (Å²) in [6.07, 6.45) is 4.09. The summed E-state index contributed by atoms with van der Waals surface area (Å²) in [5.41, 5.74) is -0.855. The predicted molar refractivity (Wildman–Crippen MR) is 71.4 cm³/mol.